The first-order chi connectivity index (χ1) is 10.2. The van der Waals surface area contributed by atoms with Crippen molar-refractivity contribution in [2.75, 3.05) is 19.7 Å². The second-order valence-electron chi connectivity index (χ2n) is 5.02. The molecule has 1 aliphatic rings. The maximum atomic E-state index is 11.0. The standard InChI is InChI=1S/C15H19N3O3/c16-7-11-3-1-2-4-14(11)21-10-13(19)9-17-12-5-6-15(20)18-8-12/h1-4,12-13,17,19H,5-6,8-10H2,(H,18,20). The SMILES string of the molecule is N#Cc1ccccc1OCC(O)CNC1CCC(=O)NC1. The van der Waals surface area contributed by atoms with Gasteiger partial charge in [-0.25, -0.2) is 0 Å². The van der Waals surface area contributed by atoms with E-state index in [1.54, 1.807) is 24.3 Å². The highest BCUT2D eigenvalue weighted by Crippen LogP contribution is 2.16. The number of aliphatic hydroxyl groups is 1. The molecular formula is C15H19N3O3. The lowest BCUT2D eigenvalue weighted by Gasteiger charge is -2.24. The average molecular weight is 289 g/mol. The molecule has 0 radical (unpaired) electrons. The fraction of sp³-hybridized carbons (Fsp3) is 0.467. The lowest BCUT2D eigenvalue weighted by molar-refractivity contribution is -0.122. The molecule has 21 heavy (non-hydrogen) atoms. The summed E-state index contributed by atoms with van der Waals surface area (Å²) in [7, 11) is 0. The Morgan fingerprint density at radius 1 is 1.52 bits per heavy atom. The molecule has 0 saturated carbocycles. The van der Waals surface area contributed by atoms with Crippen LogP contribution in [-0.2, 0) is 4.79 Å². The summed E-state index contributed by atoms with van der Waals surface area (Å²) in [6, 6.07) is 9.15. The Balaban J connectivity index is 1.71. The van der Waals surface area contributed by atoms with Crippen LogP contribution in [0.2, 0.25) is 0 Å². The van der Waals surface area contributed by atoms with Crippen LogP contribution in [-0.4, -0.2) is 42.9 Å². The summed E-state index contributed by atoms with van der Waals surface area (Å²) >= 11 is 0. The fourth-order valence-electron chi connectivity index (χ4n) is 2.14. The largest absolute Gasteiger partial charge is 0.489 e. The summed E-state index contributed by atoms with van der Waals surface area (Å²) < 4.78 is 5.46. The Morgan fingerprint density at radius 3 is 3.05 bits per heavy atom. The van der Waals surface area contributed by atoms with Gasteiger partial charge in [0.05, 0.1) is 5.56 Å². The summed E-state index contributed by atoms with van der Waals surface area (Å²) in [6.45, 7) is 1.09. The molecule has 0 aliphatic carbocycles. The number of piperidine rings is 1. The number of ether oxygens (including phenoxy) is 1. The molecule has 1 saturated heterocycles. The van der Waals surface area contributed by atoms with Crippen LogP contribution < -0.4 is 15.4 Å². The van der Waals surface area contributed by atoms with Gasteiger partial charge in [-0.05, 0) is 18.6 Å². The number of aliphatic hydroxyl groups excluding tert-OH is 1. The Morgan fingerprint density at radius 2 is 2.33 bits per heavy atom. The van der Waals surface area contributed by atoms with Gasteiger partial charge in [0, 0.05) is 25.6 Å². The van der Waals surface area contributed by atoms with Gasteiger partial charge in [-0.3, -0.25) is 4.79 Å². The van der Waals surface area contributed by atoms with Crippen LogP contribution in [0.5, 0.6) is 5.75 Å². The number of benzene rings is 1. The molecule has 1 aliphatic heterocycles. The van der Waals surface area contributed by atoms with E-state index in [-0.39, 0.29) is 18.6 Å². The van der Waals surface area contributed by atoms with Crippen LogP contribution in [0.15, 0.2) is 24.3 Å². The van der Waals surface area contributed by atoms with Crippen molar-refractivity contribution < 1.29 is 14.6 Å². The molecule has 0 aromatic heterocycles. The molecule has 2 unspecified atom stereocenters. The first-order valence-corrected chi connectivity index (χ1v) is 6.99. The number of nitrogens with one attached hydrogen (secondary N) is 2. The van der Waals surface area contributed by atoms with Crippen LogP contribution in [0.4, 0.5) is 0 Å². The van der Waals surface area contributed by atoms with Crippen molar-refractivity contribution in [2.24, 2.45) is 0 Å². The van der Waals surface area contributed by atoms with E-state index in [0.29, 0.717) is 30.8 Å². The van der Waals surface area contributed by atoms with Crippen LogP contribution in [0, 0.1) is 11.3 Å². The van der Waals surface area contributed by atoms with Gasteiger partial charge in [0.1, 0.15) is 24.5 Å². The predicted molar refractivity (Wildman–Crippen MR) is 76.7 cm³/mol. The third kappa shape index (κ3) is 4.74. The number of hydrogen-bond acceptors (Lipinski definition) is 5. The smallest absolute Gasteiger partial charge is 0.220 e. The van der Waals surface area contributed by atoms with Gasteiger partial charge in [-0.15, -0.1) is 0 Å². The topological polar surface area (TPSA) is 94.4 Å². The van der Waals surface area contributed by atoms with Gasteiger partial charge in [0.15, 0.2) is 0 Å². The van der Waals surface area contributed by atoms with E-state index in [1.165, 1.54) is 0 Å². The summed E-state index contributed by atoms with van der Waals surface area (Å²) in [6.07, 6.45) is 0.616. The maximum absolute atomic E-state index is 11.0. The molecule has 1 fully saturated rings. The minimum atomic E-state index is -0.672. The Bertz CT molecular complexity index is 517. The van der Waals surface area contributed by atoms with Gasteiger partial charge >= 0.3 is 0 Å². The zero-order valence-electron chi connectivity index (χ0n) is 11.7. The van der Waals surface area contributed by atoms with Crippen LogP contribution in [0.25, 0.3) is 0 Å². The minimum absolute atomic E-state index is 0.0741. The predicted octanol–water partition coefficient (Wildman–Crippen LogP) is 0.166. The average Bonchev–Trinajstić information content (AvgIpc) is 2.52. The number of hydrogen-bond donors (Lipinski definition) is 3. The number of rotatable bonds is 6. The second kappa shape index (κ2) is 7.62. The number of nitriles is 1. The molecule has 112 valence electrons. The summed E-state index contributed by atoms with van der Waals surface area (Å²) in [5, 5.41) is 24.8. The minimum Gasteiger partial charge on any atom is -0.489 e. The molecule has 6 heteroatoms. The van der Waals surface area contributed by atoms with Crippen molar-refractivity contribution in [3.8, 4) is 11.8 Å². The third-order valence-electron chi connectivity index (χ3n) is 3.35. The quantitative estimate of drug-likeness (QED) is 0.694. The highest BCUT2D eigenvalue weighted by atomic mass is 16.5. The molecule has 6 nitrogen and oxygen atoms in total. The summed E-state index contributed by atoms with van der Waals surface area (Å²) in [5.74, 6) is 0.550. The molecule has 3 N–H and O–H groups in total. The van der Waals surface area contributed by atoms with Crippen molar-refractivity contribution in [1.29, 1.82) is 5.26 Å². The first kappa shape index (κ1) is 15.3. The van der Waals surface area contributed by atoms with E-state index in [9.17, 15) is 9.90 Å². The monoisotopic (exact) mass is 289 g/mol. The zero-order valence-corrected chi connectivity index (χ0v) is 11.7. The van der Waals surface area contributed by atoms with E-state index >= 15 is 0 Å². The van der Waals surface area contributed by atoms with E-state index in [0.717, 1.165) is 6.42 Å². The highest BCUT2D eigenvalue weighted by Gasteiger charge is 2.18. The van der Waals surface area contributed by atoms with Crippen LogP contribution in [0.1, 0.15) is 18.4 Å². The van der Waals surface area contributed by atoms with Crippen molar-refractivity contribution in [3.63, 3.8) is 0 Å². The number of carbonyl (C=O) groups excluding carboxylic acids is 1. The fourth-order valence-corrected chi connectivity index (χ4v) is 2.14. The molecular weight excluding hydrogens is 270 g/mol. The number of para-hydroxylation sites is 1. The van der Waals surface area contributed by atoms with E-state index in [1.807, 2.05) is 6.07 Å². The summed E-state index contributed by atoms with van der Waals surface area (Å²) in [5.41, 5.74) is 0.452. The van der Waals surface area contributed by atoms with Crippen molar-refractivity contribution in [2.45, 2.75) is 25.0 Å². The Kier molecular flexibility index (Phi) is 5.55. The van der Waals surface area contributed by atoms with Crippen LogP contribution in [0.3, 0.4) is 0 Å². The maximum Gasteiger partial charge on any atom is 0.220 e. The van der Waals surface area contributed by atoms with Gasteiger partial charge in [-0.1, -0.05) is 12.1 Å². The Labute approximate surface area is 123 Å². The molecule has 1 heterocycles. The lowest BCUT2D eigenvalue weighted by Crippen LogP contribution is -2.48. The van der Waals surface area contributed by atoms with Gasteiger partial charge < -0.3 is 20.5 Å². The van der Waals surface area contributed by atoms with Crippen molar-refractivity contribution >= 4 is 5.91 Å². The van der Waals surface area contributed by atoms with Crippen LogP contribution >= 0.6 is 0 Å². The molecule has 1 aromatic carbocycles. The van der Waals surface area contributed by atoms with Crippen molar-refractivity contribution in [3.05, 3.63) is 29.8 Å². The third-order valence-corrected chi connectivity index (χ3v) is 3.35. The van der Waals surface area contributed by atoms with Gasteiger partial charge in [0.2, 0.25) is 5.91 Å². The first-order valence-electron chi connectivity index (χ1n) is 6.99. The number of amides is 1. The van der Waals surface area contributed by atoms with Gasteiger partial charge in [-0.2, -0.15) is 5.26 Å². The Hall–Kier alpha value is -2.10. The van der Waals surface area contributed by atoms with E-state index < -0.39 is 6.10 Å². The highest BCUT2D eigenvalue weighted by molar-refractivity contribution is 5.76. The lowest BCUT2D eigenvalue weighted by atomic mass is 10.1. The van der Waals surface area contributed by atoms with E-state index in [2.05, 4.69) is 10.6 Å². The number of carbonyl (C=O) groups is 1. The molecule has 2 rings (SSSR count). The normalized spacial score (nSPS) is 19.4. The number of nitrogens with zero attached hydrogens (tertiary/aromatic N) is 1. The molecule has 1 aromatic rings. The second-order valence-corrected chi connectivity index (χ2v) is 5.02. The van der Waals surface area contributed by atoms with Crippen molar-refractivity contribution in [1.82, 2.24) is 10.6 Å². The molecule has 1 amide bonds. The molecule has 2 atom stereocenters. The summed E-state index contributed by atoms with van der Waals surface area (Å²) in [4.78, 5) is 11.0. The zero-order chi connectivity index (χ0) is 15.1. The van der Waals surface area contributed by atoms with Gasteiger partial charge in [0.25, 0.3) is 0 Å². The molecule has 0 bridgehead atoms. The van der Waals surface area contributed by atoms with E-state index in [4.69, 9.17) is 10.00 Å². The molecule has 0 spiro atoms.